The second kappa shape index (κ2) is 5.36. The molecule has 1 aromatic heterocycles. The lowest BCUT2D eigenvalue weighted by Crippen LogP contribution is -2.40. The van der Waals surface area contributed by atoms with Crippen molar-refractivity contribution in [2.45, 2.75) is 32.0 Å². The summed E-state index contributed by atoms with van der Waals surface area (Å²) in [5.41, 5.74) is 3.62. The number of nitrogens with zero attached hydrogens (tertiary/aromatic N) is 2. The van der Waals surface area contributed by atoms with Crippen LogP contribution in [0.2, 0.25) is 0 Å². The normalized spacial score (nSPS) is 14.1. The van der Waals surface area contributed by atoms with Crippen molar-refractivity contribution >= 4 is 15.9 Å². The van der Waals surface area contributed by atoms with Gasteiger partial charge in [0.2, 0.25) is 0 Å². The number of alkyl halides is 3. The lowest BCUT2D eigenvalue weighted by atomic mass is 10.1. The minimum absolute atomic E-state index is 0.161. The fourth-order valence-corrected chi connectivity index (χ4v) is 2.10. The van der Waals surface area contributed by atoms with E-state index in [-0.39, 0.29) is 6.42 Å². The van der Waals surface area contributed by atoms with Crippen LogP contribution in [0.1, 0.15) is 17.8 Å². The van der Waals surface area contributed by atoms with Gasteiger partial charge in [0.25, 0.3) is 0 Å². The fraction of sp³-hybridized carbons (Fsp3) is 0.667. The summed E-state index contributed by atoms with van der Waals surface area (Å²) in [6.45, 7) is 1.78. The maximum absolute atomic E-state index is 12.3. The van der Waals surface area contributed by atoms with Crippen LogP contribution in [0, 0.1) is 6.92 Å². The number of aromatic nitrogens is 2. The third-order valence-corrected chi connectivity index (χ3v) is 3.45. The average Bonchev–Trinajstić information content (AvgIpc) is 2.42. The molecule has 1 atom stereocenters. The van der Waals surface area contributed by atoms with Crippen LogP contribution in [0.15, 0.2) is 4.47 Å². The molecule has 0 bridgehead atoms. The lowest BCUT2D eigenvalue weighted by Gasteiger charge is -2.17. The van der Waals surface area contributed by atoms with Crippen LogP contribution >= 0.6 is 15.9 Å². The van der Waals surface area contributed by atoms with Gasteiger partial charge in [0, 0.05) is 19.5 Å². The second-order valence-corrected chi connectivity index (χ2v) is 4.65. The minimum atomic E-state index is -4.24. The third kappa shape index (κ3) is 3.97. The molecule has 98 valence electrons. The Morgan fingerprint density at radius 3 is 2.47 bits per heavy atom. The van der Waals surface area contributed by atoms with Gasteiger partial charge in [-0.2, -0.15) is 18.3 Å². The molecule has 0 saturated heterocycles. The summed E-state index contributed by atoms with van der Waals surface area (Å²) in [6, 6.07) is -0.860. The number of hydrogen-bond acceptors (Lipinski definition) is 3. The Labute approximate surface area is 105 Å². The summed E-state index contributed by atoms with van der Waals surface area (Å²) in [6.07, 6.45) is -5.05. The molecule has 1 aromatic rings. The van der Waals surface area contributed by atoms with E-state index >= 15 is 0 Å². The topological polar surface area (TPSA) is 55.9 Å². The number of nitrogens with one attached hydrogen (secondary N) is 1. The molecular formula is C9H14BrF3N4. The van der Waals surface area contributed by atoms with Crippen LogP contribution in [-0.2, 0) is 13.5 Å². The van der Waals surface area contributed by atoms with E-state index in [4.69, 9.17) is 5.84 Å². The smallest absolute Gasteiger partial charge is 0.271 e. The van der Waals surface area contributed by atoms with Gasteiger partial charge in [-0.1, -0.05) is 0 Å². The summed E-state index contributed by atoms with van der Waals surface area (Å²) < 4.78 is 39.1. The predicted octanol–water partition coefficient (Wildman–Crippen LogP) is 1.82. The van der Waals surface area contributed by atoms with Gasteiger partial charge in [0.05, 0.1) is 22.3 Å². The van der Waals surface area contributed by atoms with Crippen molar-refractivity contribution in [2.75, 3.05) is 0 Å². The lowest BCUT2D eigenvalue weighted by molar-refractivity contribution is -0.140. The van der Waals surface area contributed by atoms with E-state index in [1.54, 1.807) is 18.7 Å². The van der Waals surface area contributed by atoms with E-state index in [1.165, 1.54) is 0 Å². The van der Waals surface area contributed by atoms with Gasteiger partial charge < -0.3 is 0 Å². The fourth-order valence-electron chi connectivity index (χ4n) is 1.60. The van der Waals surface area contributed by atoms with E-state index in [0.717, 1.165) is 10.2 Å². The number of halogens is 4. The van der Waals surface area contributed by atoms with Crippen molar-refractivity contribution in [3.8, 4) is 0 Å². The molecule has 0 aromatic carbocycles. The standard InChI is InChI=1S/C9H14BrF3N4/c1-5-8(10)7(17(2)16-5)3-6(15-14)4-9(11,12)13/h6,15H,3-4,14H2,1-2H3. The van der Waals surface area contributed by atoms with Gasteiger partial charge in [-0.25, -0.2) is 0 Å². The Morgan fingerprint density at radius 2 is 2.12 bits per heavy atom. The number of rotatable bonds is 4. The summed E-state index contributed by atoms with van der Waals surface area (Å²) >= 11 is 3.31. The monoisotopic (exact) mass is 314 g/mol. The number of hydrogen-bond donors (Lipinski definition) is 2. The third-order valence-electron chi connectivity index (χ3n) is 2.41. The Morgan fingerprint density at radius 1 is 1.53 bits per heavy atom. The second-order valence-electron chi connectivity index (χ2n) is 3.86. The molecule has 0 aliphatic carbocycles. The molecule has 1 rings (SSSR count). The quantitative estimate of drug-likeness (QED) is 0.658. The van der Waals surface area contributed by atoms with Crippen molar-refractivity contribution in [3.63, 3.8) is 0 Å². The molecule has 0 aliphatic heterocycles. The molecule has 8 heteroatoms. The molecule has 0 radical (unpaired) electrons. The number of hydrazine groups is 1. The van der Waals surface area contributed by atoms with Gasteiger partial charge in [-0.15, -0.1) is 0 Å². The van der Waals surface area contributed by atoms with Gasteiger partial charge in [-0.05, 0) is 22.9 Å². The molecule has 1 unspecified atom stereocenters. The molecule has 0 fully saturated rings. The Balaban J connectivity index is 2.81. The summed E-state index contributed by atoms with van der Waals surface area (Å²) in [7, 11) is 1.69. The Kier molecular flexibility index (Phi) is 4.56. The van der Waals surface area contributed by atoms with Gasteiger partial charge in [0.1, 0.15) is 0 Å². The van der Waals surface area contributed by atoms with Crippen LogP contribution in [0.3, 0.4) is 0 Å². The highest BCUT2D eigenvalue weighted by molar-refractivity contribution is 9.10. The summed E-state index contributed by atoms with van der Waals surface area (Å²) in [5.74, 6) is 5.14. The molecule has 0 spiro atoms. The summed E-state index contributed by atoms with van der Waals surface area (Å²) in [5, 5.41) is 4.11. The molecule has 0 saturated carbocycles. The number of nitrogens with two attached hydrogens (primary N) is 1. The van der Waals surface area contributed by atoms with E-state index in [9.17, 15) is 13.2 Å². The van der Waals surface area contributed by atoms with Crippen LogP contribution in [-0.4, -0.2) is 22.0 Å². The maximum Gasteiger partial charge on any atom is 0.390 e. The van der Waals surface area contributed by atoms with Crippen molar-refractivity contribution in [3.05, 3.63) is 15.9 Å². The van der Waals surface area contributed by atoms with Gasteiger partial charge in [0.15, 0.2) is 0 Å². The minimum Gasteiger partial charge on any atom is -0.271 e. The van der Waals surface area contributed by atoms with E-state index < -0.39 is 18.6 Å². The van der Waals surface area contributed by atoms with Crippen molar-refractivity contribution in [1.29, 1.82) is 0 Å². The van der Waals surface area contributed by atoms with E-state index in [2.05, 4.69) is 26.5 Å². The predicted molar refractivity (Wildman–Crippen MR) is 61.1 cm³/mol. The van der Waals surface area contributed by atoms with Crippen LogP contribution < -0.4 is 11.3 Å². The zero-order valence-corrected chi connectivity index (χ0v) is 11.1. The van der Waals surface area contributed by atoms with Crippen molar-refractivity contribution < 1.29 is 13.2 Å². The van der Waals surface area contributed by atoms with Gasteiger partial charge in [-0.3, -0.25) is 16.0 Å². The van der Waals surface area contributed by atoms with Crippen molar-refractivity contribution in [1.82, 2.24) is 15.2 Å². The first-order valence-electron chi connectivity index (χ1n) is 4.95. The molecular weight excluding hydrogens is 301 g/mol. The zero-order chi connectivity index (χ0) is 13.2. The molecule has 17 heavy (non-hydrogen) atoms. The molecule has 0 amide bonds. The largest absolute Gasteiger partial charge is 0.390 e. The summed E-state index contributed by atoms with van der Waals surface area (Å²) in [4.78, 5) is 0. The first kappa shape index (κ1) is 14.5. The van der Waals surface area contributed by atoms with E-state index in [1.807, 2.05) is 0 Å². The Bertz CT molecular complexity index is 388. The highest BCUT2D eigenvalue weighted by atomic mass is 79.9. The first-order valence-corrected chi connectivity index (χ1v) is 5.74. The van der Waals surface area contributed by atoms with Crippen LogP contribution in [0.4, 0.5) is 13.2 Å². The zero-order valence-electron chi connectivity index (χ0n) is 9.48. The van der Waals surface area contributed by atoms with Gasteiger partial charge >= 0.3 is 6.18 Å². The molecule has 0 aliphatic rings. The highest BCUT2D eigenvalue weighted by Crippen LogP contribution is 2.26. The average molecular weight is 315 g/mol. The van der Waals surface area contributed by atoms with Crippen LogP contribution in [0.5, 0.6) is 0 Å². The van der Waals surface area contributed by atoms with E-state index in [0.29, 0.717) is 5.69 Å². The maximum atomic E-state index is 12.3. The Hall–Kier alpha value is -0.600. The van der Waals surface area contributed by atoms with Crippen LogP contribution in [0.25, 0.3) is 0 Å². The molecule has 1 heterocycles. The molecule has 4 nitrogen and oxygen atoms in total. The highest BCUT2D eigenvalue weighted by Gasteiger charge is 2.32. The number of aryl methyl sites for hydroxylation is 2. The van der Waals surface area contributed by atoms with Crippen molar-refractivity contribution in [2.24, 2.45) is 12.9 Å². The molecule has 3 N–H and O–H groups in total. The first-order chi connectivity index (χ1) is 7.74. The SMILES string of the molecule is Cc1nn(C)c(CC(CC(F)(F)F)NN)c1Br.